The lowest BCUT2D eigenvalue weighted by Crippen LogP contribution is -2.11. The van der Waals surface area contributed by atoms with Gasteiger partial charge in [-0.2, -0.15) is 0 Å². The van der Waals surface area contributed by atoms with E-state index in [0.717, 1.165) is 33.3 Å². The summed E-state index contributed by atoms with van der Waals surface area (Å²) in [5.41, 5.74) is 15.2. The van der Waals surface area contributed by atoms with E-state index in [-0.39, 0.29) is 5.41 Å². The molecular weight excluding hydrogens is 544 g/mol. The molecule has 0 amide bonds. The van der Waals surface area contributed by atoms with Crippen molar-refractivity contribution in [2.45, 2.75) is 33.1 Å². The lowest BCUT2D eigenvalue weighted by Gasteiger charge is -2.20. The van der Waals surface area contributed by atoms with E-state index in [1.165, 1.54) is 44.5 Å². The first-order chi connectivity index (χ1) is 21.9. The summed E-state index contributed by atoms with van der Waals surface area (Å²) in [6, 6.07) is 47.7. The van der Waals surface area contributed by atoms with Gasteiger partial charge in [0.15, 0.2) is 0 Å². The lowest BCUT2D eigenvalue weighted by molar-refractivity contribution is 0.589. The Morgan fingerprint density at radius 3 is 1.82 bits per heavy atom. The molecule has 5 aromatic carbocycles. The third-order valence-electron chi connectivity index (χ3n) is 8.77. The summed E-state index contributed by atoms with van der Waals surface area (Å²) in [6.45, 7) is 8.97. The Hall–Kier alpha value is -5.34. The van der Waals surface area contributed by atoms with Gasteiger partial charge in [-0.3, -0.25) is 9.97 Å². The summed E-state index contributed by atoms with van der Waals surface area (Å²) < 4.78 is 0. The molecule has 0 saturated heterocycles. The van der Waals surface area contributed by atoms with Gasteiger partial charge in [-0.05, 0) is 86.7 Å². The zero-order valence-electron chi connectivity index (χ0n) is 26.3. The summed E-state index contributed by atoms with van der Waals surface area (Å²) in [4.78, 5) is 9.73. The van der Waals surface area contributed by atoms with Gasteiger partial charge in [0, 0.05) is 28.9 Å². The molecule has 0 radical (unpaired) electrons. The van der Waals surface area contributed by atoms with Crippen molar-refractivity contribution in [2.75, 3.05) is 0 Å². The molecule has 0 fully saturated rings. The highest BCUT2D eigenvalue weighted by Gasteiger charge is 2.19. The van der Waals surface area contributed by atoms with Crippen LogP contribution in [0, 0.1) is 6.92 Å². The molecular formula is C43H36N2. The predicted octanol–water partition coefficient (Wildman–Crippen LogP) is 11.6. The van der Waals surface area contributed by atoms with Crippen LogP contribution in [0.3, 0.4) is 0 Å². The molecule has 0 spiro atoms. The number of pyridine rings is 2. The summed E-state index contributed by atoms with van der Waals surface area (Å²) in [5.74, 6) is 0. The van der Waals surface area contributed by atoms with Crippen molar-refractivity contribution < 1.29 is 0 Å². The number of rotatable bonds is 5. The van der Waals surface area contributed by atoms with Crippen LogP contribution in [0.25, 0.3) is 66.7 Å². The number of benzene rings is 5. The Bertz CT molecular complexity index is 2140. The van der Waals surface area contributed by atoms with Gasteiger partial charge in [-0.25, -0.2) is 0 Å². The van der Waals surface area contributed by atoms with Gasteiger partial charge in [0.25, 0.3) is 0 Å². The summed E-state index contributed by atoms with van der Waals surface area (Å²) >= 11 is 0. The third kappa shape index (κ3) is 5.45. The van der Waals surface area contributed by atoms with Gasteiger partial charge in [0.1, 0.15) is 0 Å². The fourth-order valence-corrected chi connectivity index (χ4v) is 6.37. The van der Waals surface area contributed by atoms with Crippen molar-refractivity contribution in [1.82, 2.24) is 9.97 Å². The van der Waals surface area contributed by atoms with Gasteiger partial charge >= 0.3 is 0 Å². The van der Waals surface area contributed by atoms with Crippen molar-refractivity contribution in [3.05, 3.63) is 157 Å². The van der Waals surface area contributed by atoms with Crippen molar-refractivity contribution in [1.29, 1.82) is 0 Å². The van der Waals surface area contributed by atoms with Crippen LogP contribution in [0.2, 0.25) is 0 Å². The number of fused-ring (bicyclic) bond motifs is 1. The first-order valence-corrected chi connectivity index (χ1v) is 15.6. The van der Waals surface area contributed by atoms with E-state index in [9.17, 15) is 0 Å². The van der Waals surface area contributed by atoms with Gasteiger partial charge in [0.2, 0.25) is 0 Å². The number of aromatic nitrogens is 2. The highest BCUT2D eigenvalue weighted by molar-refractivity contribution is 6.06. The first kappa shape index (κ1) is 28.4. The van der Waals surface area contributed by atoms with Crippen molar-refractivity contribution in [3.63, 3.8) is 0 Å². The fourth-order valence-electron chi connectivity index (χ4n) is 6.37. The highest BCUT2D eigenvalue weighted by Crippen LogP contribution is 2.44. The van der Waals surface area contributed by atoms with Gasteiger partial charge in [0.05, 0.1) is 11.2 Å². The van der Waals surface area contributed by atoms with Crippen LogP contribution in [0.4, 0.5) is 0 Å². The van der Waals surface area contributed by atoms with E-state index in [1.54, 1.807) is 0 Å². The van der Waals surface area contributed by atoms with Crippen LogP contribution < -0.4 is 0 Å². The largest absolute Gasteiger partial charge is 0.256 e. The van der Waals surface area contributed by atoms with Crippen molar-refractivity contribution in [3.8, 4) is 55.8 Å². The second-order valence-corrected chi connectivity index (χ2v) is 12.7. The van der Waals surface area contributed by atoms with Gasteiger partial charge < -0.3 is 0 Å². The van der Waals surface area contributed by atoms with E-state index in [2.05, 4.69) is 155 Å². The maximum atomic E-state index is 4.99. The maximum absolute atomic E-state index is 4.99. The minimum atomic E-state index is 0.0554. The molecule has 0 saturated carbocycles. The summed E-state index contributed by atoms with van der Waals surface area (Å²) in [7, 11) is 0. The number of hydrogen-bond acceptors (Lipinski definition) is 2. The van der Waals surface area contributed by atoms with Crippen LogP contribution in [-0.2, 0) is 5.41 Å². The SMILES string of the molecule is Cc1c(-c2ccccc2)ccc(-c2ccccc2)c1-c1ccc(-c2cccc(-c3cc(C(C)(C)C)ccn3)c2)c2ncccc12. The second-order valence-electron chi connectivity index (χ2n) is 12.7. The quantitative estimate of drug-likeness (QED) is 0.202. The van der Waals surface area contributed by atoms with Crippen LogP contribution in [0.5, 0.6) is 0 Å². The summed E-state index contributed by atoms with van der Waals surface area (Å²) in [5, 5.41) is 1.14. The highest BCUT2D eigenvalue weighted by atomic mass is 14.7. The van der Waals surface area contributed by atoms with E-state index in [4.69, 9.17) is 9.97 Å². The standard InChI is InChI=1S/C43H36N2/c1-29-35(30-13-7-5-8-14-30)20-21-36(31-15-9-6-10-16-31)41(29)38-23-22-37(42-39(38)19-12-25-45-42)32-17-11-18-33(27-32)40-28-34(24-26-44-40)43(2,3)4/h5-28H,1-4H3. The van der Waals surface area contributed by atoms with Crippen LogP contribution in [0.1, 0.15) is 31.9 Å². The maximum Gasteiger partial charge on any atom is 0.0786 e. The Morgan fingerprint density at radius 1 is 0.467 bits per heavy atom. The fraction of sp³-hybridized carbons (Fsp3) is 0.116. The van der Waals surface area contributed by atoms with Crippen LogP contribution >= 0.6 is 0 Å². The minimum Gasteiger partial charge on any atom is -0.256 e. The Kier molecular flexibility index (Phi) is 7.35. The Balaban J connectivity index is 1.42. The van der Waals surface area contributed by atoms with Crippen LogP contribution in [0.15, 0.2) is 146 Å². The first-order valence-electron chi connectivity index (χ1n) is 15.6. The van der Waals surface area contributed by atoms with Crippen molar-refractivity contribution in [2.24, 2.45) is 0 Å². The molecule has 0 aliphatic heterocycles. The molecule has 0 atom stereocenters. The zero-order valence-corrected chi connectivity index (χ0v) is 26.3. The summed E-state index contributed by atoms with van der Waals surface area (Å²) in [6.07, 6.45) is 3.82. The van der Waals surface area contributed by atoms with E-state index in [1.807, 2.05) is 18.5 Å². The molecule has 0 aliphatic carbocycles. The second kappa shape index (κ2) is 11.6. The van der Waals surface area contributed by atoms with Gasteiger partial charge in [-0.15, -0.1) is 0 Å². The van der Waals surface area contributed by atoms with Crippen molar-refractivity contribution >= 4 is 10.9 Å². The molecule has 7 rings (SSSR count). The molecule has 218 valence electrons. The van der Waals surface area contributed by atoms with Crippen LogP contribution in [-0.4, -0.2) is 9.97 Å². The monoisotopic (exact) mass is 580 g/mol. The predicted molar refractivity (Wildman–Crippen MR) is 190 cm³/mol. The van der Waals surface area contributed by atoms with E-state index >= 15 is 0 Å². The molecule has 45 heavy (non-hydrogen) atoms. The molecule has 2 aromatic heterocycles. The van der Waals surface area contributed by atoms with Gasteiger partial charge in [-0.1, -0.05) is 130 Å². The topological polar surface area (TPSA) is 25.8 Å². The Labute approximate surface area is 266 Å². The molecule has 2 nitrogen and oxygen atoms in total. The molecule has 0 bridgehead atoms. The molecule has 0 aliphatic rings. The van der Waals surface area contributed by atoms with E-state index in [0.29, 0.717) is 0 Å². The van der Waals surface area contributed by atoms with E-state index < -0.39 is 0 Å². The molecule has 2 heterocycles. The Morgan fingerprint density at radius 2 is 1.09 bits per heavy atom. The average molecular weight is 581 g/mol. The normalized spacial score (nSPS) is 11.6. The number of nitrogens with zero attached hydrogens (tertiary/aromatic N) is 2. The number of hydrogen-bond donors (Lipinski definition) is 0. The molecule has 2 heteroatoms. The molecule has 7 aromatic rings. The molecule has 0 unspecified atom stereocenters. The molecule has 0 N–H and O–H groups in total. The smallest absolute Gasteiger partial charge is 0.0786 e. The minimum absolute atomic E-state index is 0.0554. The third-order valence-corrected chi connectivity index (χ3v) is 8.77. The average Bonchev–Trinajstić information content (AvgIpc) is 3.08. The zero-order chi connectivity index (χ0) is 31.0. The lowest BCUT2D eigenvalue weighted by atomic mass is 9.84.